The van der Waals surface area contributed by atoms with Crippen LogP contribution in [-0.2, 0) is 5.41 Å². The number of rotatable bonds is 2. The summed E-state index contributed by atoms with van der Waals surface area (Å²) in [6.45, 7) is 8.72. The molecule has 0 bridgehead atoms. The summed E-state index contributed by atoms with van der Waals surface area (Å²) in [7, 11) is 2.21. The van der Waals surface area contributed by atoms with Crippen molar-refractivity contribution in [3.8, 4) is 0 Å². The summed E-state index contributed by atoms with van der Waals surface area (Å²) in [5.41, 5.74) is 8.94. The summed E-state index contributed by atoms with van der Waals surface area (Å²) in [6.07, 6.45) is 1.22. The molecule has 0 aliphatic carbocycles. The van der Waals surface area contributed by atoms with Gasteiger partial charge in [-0.05, 0) is 49.0 Å². The molecule has 2 rings (SSSR count). The van der Waals surface area contributed by atoms with Crippen molar-refractivity contribution >= 4 is 0 Å². The smallest absolute Gasteiger partial charge is 0.0385 e. The van der Waals surface area contributed by atoms with Crippen molar-refractivity contribution in [2.24, 2.45) is 11.7 Å². The number of nitrogens with two attached hydrogens (primary N) is 1. The van der Waals surface area contributed by atoms with Crippen molar-refractivity contribution in [3.05, 3.63) is 35.4 Å². The highest BCUT2D eigenvalue weighted by molar-refractivity contribution is 5.30. The van der Waals surface area contributed by atoms with Crippen LogP contribution in [0, 0.1) is 5.92 Å². The van der Waals surface area contributed by atoms with Gasteiger partial charge in [-0.3, -0.25) is 4.90 Å². The molecule has 2 heteroatoms. The molecule has 1 heterocycles. The minimum absolute atomic E-state index is 0.230. The lowest BCUT2D eigenvalue weighted by atomic mass is 9.85. The molecule has 0 amide bonds. The van der Waals surface area contributed by atoms with Gasteiger partial charge in [0.15, 0.2) is 0 Å². The minimum Gasteiger partial charge on any atom is -0.330 e. The molecule has 1 aliphatic rings. The zero-order valence-corrected chi connectivity index (χ0v) is 12.1. The Hall–Kier alpha value is -0.860. The van der Waals surface area contributed by atoms with E-state index < -0.39 is 0 Å². The van der Waals surface area contributed by atoms with Gasteiger partial charge in [0.2, 0.25) is 0 Å². The number of likely N-dealkylation sites (tertiary alicyclic amines) is 1. The lowest BCUT2D eigenvalue weighted by Gasteiger charge is -2.26. The van der Waals surface area contributed by atoms with E-state index in [0.29, 0.717) is 12.0 Å². The summed E-state index contributed by atoms with van der Waals surface area (Å²) >= 11 is 0. The first-order valence-electron chi connectivity index (χ1n) is 6.94. The number of benzene rings is 1. The Morgan fingerprint density at radius 1 is 1.22 bits per heavy atom. The topological polar surface area (TPSA) is 29.3 Å². The Bertz CT molecular complexity index is 389. The van der Waals surface area contributed by atoms with E-state index in [-0.39, 0.29) is 5.41 Å². The van der Waals surface area contributed by atoms with Gasteiger partial charge in [-0.15, -0.1) is 0 Å². The quantitative estimate of drug-likeness (QED) is 0.869. The first kappa shape index (κ1) is 13.6. The van der Waals surface area contributed by atoms with Gasteiger partial charge in [-0.2, -0.15) is 0 Å². The van der Waals surface area contributed by atoms with Crippen molar-refractivity contribution in [1.82, 2.24) is 4.90 Å². The monoisotopic (exact) mass is 246 g/mol. The van der Waals surface area contributed by atoms with Crippen LogP contribution in [-0.4, -0.2) is 25.0 Å². The fourth-order valence-corrected chi connectivity index (χ4v) is 2.98. The second-order valence-electron chi connectivity index (χ2n) is 6.58. The molecule has 0 radical (unpaired) electrons. The zero-order chi connectivity index (χ0) is 13.3. The SMILES string of the molecule is CN1CCC(CN)C1c1ccc(C(C)(C)C)cc1. The molecule has 0 spiro atoms. The van der Waals surface area contributed by atoms with Crippen LogP contribution in [0.4, 0.5) is 0 Å². The maximum absolute atomic E-state index is 5.90. The normalized spacial score (nSPS) is 25.6. The van der Waals surface area contributed by atoms with Gasteiger partial charge in [0, 0.05) is 6.04 Å². The van der Waals surface area contributed by atoms with Crippen LogP contribution in [0.15, 0.2) is 24.3 Å². The zero-order valence-electron chi connectivity index (χ0n) is 12.1. The highest BCUT2D eigenvalue weighted by Gasteiger charge is 2.31. The number of hydrogen-bond acceptors (Lipinski definition) is 2. The Balaban J connectivity index is 2.23. The van der Waals surface area contributed by atoms with Gasteiger partial charge in [-0.25, -0.2) is 0 Å². The summed E-state index contributed by atoms with van der Waals surface area (Å²) in [4.78, 5) is 2.43. The van der Waals surface area contributed by atoms with Crippen LogP contribution >= 0.6 is 0 Å². The summed E-state index contributed by atoms with van der Waals surface area (Å²) in [6, 6.07) is 9.62. The molecule has 1 saturated heterocycles. The highest BCUT2D eigenvalue weighted by Crippen LogP contribution is 2.36. The van der Waals surface area contributed by atoms with Gasteiger partial charge in [0.05, 0.1) is 0 Å². The molecule has 0 aromatic heterocycles. The van der Waals surface area contributed by atoms with Crippen molar-refractivity contribution in [2.75, 3.05) is 20.1 Å². The van der Waals surface area contributed by atoms with E-state index in [1.54, 1.807) is 0 Å². The van der Waals surface area contributed by atoms with E-state index in [9.17, 15) is 0 Å². The number of nitrogens with zero attached hydrogens (tertiary/aromatic N) is 1. The van der Waals surface area contributed by atoms with E-state index in [4.69, 9.17) is 5.73 Å². The largest absolute Gasteiger partial charge is 0.330 e. The minimum atomic E-state index is 0.230. The third-order valence-corrected chi connectivity index (χ3v) is 4.19. The Labute approximate surface area is 111 Å². The first-order chi connectivity index (χ1) is 8.43. The van der Waals surface area contributed by atoms with Gasteiger partial charge in [0.1, 0.15) is 0 Å². The van der Waals surface area contributed by atoms with Crippen molar-refractivity contribution < 1.29 is 0 Å². The number of hydrogen-bond donors (Lipinski definition) is 1. The molecule has 0 saturated carbocycles. The molecular formula is C16H26N2. The third-order valence-electron chi connectivity index (χ3n) is 4.19. The summed E-state index contributed by atoms with van der Waals surface area (Å²) in [5, 5.41) is 0. The van der Waals surface area contributed by atoms with Crippen LogP contribution in [0.1, 0.15) is 44.4 Å². The van der Waals surface area contributed by atoms with Crippen LogP contribution in [0.25, 0.3) is 0 Å². The van der Waals surface area contributed by atoms with Crippen molar-refractivity contribution in [2.45, 2.75) is 38.6 Å². The Morgan fingerprint density at radius 3 is 2.33 bits per heavy atom. The molecule has 1 fully saturated rings. The maximum atomic E-state index is 5.90. The molecule has 2 nitrogen and oxygen atoms in total. The average molecular weight is 246 g/mol. The molecule has 1 aromatic rings. The lowest BCUT2D eigenvalue weighted by molar-refractivity contribution is 0.279. The molecule has 2 unspecified atom stereocenters. The van der Waals surface area contributed by atoms with Crippen LogP contribution in [0.5, 0.6) is 0 Å². The molecule has 100 valence electrons. The van der Waals surface area contributed by atoms with E-state index in [1.165, 1.54) is 17.5 Å². The molecule has 1 aromatic carbocycles. The summed E-state index contributed by atoms with van der Waals surface area (Å²) < 4.78 is 0. The summed E-state index contributed by atoms with van der Waals surface area (Å²) in [5.74, 6) is 0.607. The second kappa shape index (κ2) is 5.02. The van der Waals surface area contributed by atoms with E-state index in [2.05, 4.69) is 57.0 Å². The predicted molar refractivity (Wildman–Crippen MR) is 77.7 cm³/mol. The molecule has 2 atom stereocenters. The van der Waals surface area contributed by atoms with Gasteiger partial charge in [0.25, 0.3) is 0 Å². The van der Waals surface area contributed by atoms with Crippen molar-refractivity contribution in [3.63, 3.8) is 0 Å². The van der Waals surface area contributed by atoms with E-state index in [0.717, 1.165) is 13.1 Å². The van der Waals surface area contributed by atoms with Gasteiger partial charge < -0.3 is 5.73 Å². The predicted octanol–water partition coefficient (Wildman–Crippen LogP) is 2.94. The average Bonchev–Trinajstić information content (AvgIpc) is 2.69. The van der Waals surface area contributed by atoms with Gasteiger partial charge >= 0.3 is 0 Å². The van der Waals surface area contributed by atoms with E-state index >= 15 is 0 Å². The molecular weight excluding hydrogens is 220 g/mol. The van der Waals surface area contributed by atoms with E-state index in [1.807, 2.05) is 0 Å². The Morgan fingerprint density at radius 2 is 1.83 bits per heavy atom. The van der Waals surface area contributed by atoms with Crippen LogP contribution in [0.2, 0.25) is 0 Å². The molecule has 18 heavy (non-hydrogen) atoms. The Kier molecular flexibility index (Phi) is 3.79. The lowest BCUT2D eigenvalue weighted by Crippen LogP contribution is -2.25. The van der Waals surface area contributed by atoms with Crippen LogP contribution < -0.4 is 5.73 Å². The van der Waals surface area contributed by atoms with Gasteiger partial charge in [-0.1, -0.05) is 45.0 Å². The first-order valence-corrected chi connectivity index (χ1v) is 6.94. The van der Waals surface area contributed by atoms with Crippen LogP contribution in [0.3, 0.4) is 0 Å². The standard InChI is InChI=1S/C16H26N2/c1-16(2,3)14-7-5-12(6-8-14)15-13(11-17)9-10-18(15)4/h5-8,13,15H,9-11,17H2,1-4H3. The maximum Gasteiger partial charge on any atom is 0.0385 e. The molecule has 2 N–H and O–H groups in total. The third kappa shape index (κ3) is 2.60. The fourth-order valence-electron chi connectivity index (χ4n) is 2.98. The second-order valence-corrected chi connectivity index (χ2v) is 6.58. The highest BCUT2D eigenvalue weighted by atomic mass is 15.2. The fraction of sp³-hybridized carbons (Fsp3) is 0.625. The van der Waals surface area contributed by atoms with Crippen molar-refractivity contribution in [1.29, 1.82) is 0 Å². The molecule has 1 aliphatic heterocycles.